The van der Waals surface area contributed by atoms with Crippen LogP contribution in [0.15, 0.2) is 30.3 Å². The number of para-hydroxylation sites is 1. The second-order valence-electron chi connectivity index (χ2n) is 2.95. The highest BCUT2D eigenvalue weighted by molar-refractivity contribution is 5.90. The number of aliphatic hydroxyl groups excluding tert-OH is 2. The van der Waals surface area contributed by atoms with Crippen LogP contribution in [0.25, 0.3) is 0 Å². The van der Waals surface area contributed by atoms with Crippen LogP contribution in [0.1, 0.15) is 6.42 Å². The van der Waals surface area contributed by atoms with E-state index in [0.29, 0.717) is 5.69 Å². The van der Waals surface area contributed by atoms with Gasteiger partial charge < -0.3 is 15.5 Å². The van der Waals surface area contributed by atoms with E-state index in [0.717, 1.165) is 0 Å². The number of carbonyl (C=O) groups is 1. The van der Waals surface area contributed by atoms with Gasteiger partial charge in [-0.15, -0.1) is 0 Å². The van der Waals surface area contributed by atoms with Gasteiger partial charge >= 0.3 is 0 Å². The van der Waals surface area contributed by atoms with E-state index in [-0.39, 0.29) is 12.3 Å². The summed E-state index contributed by atoms with van der Waals surface area (Å²) in [7, 11) is 0. The molecule has 14 heavy (non-hydrogen) atoms. The molecule has 0 heterocycles. The number of benzene rings is 1. The summed E-state index contributed by atoms with van der Waals surface area (Å²) in [5, 5.41) is 20.1. The van der Waals surface area contributed by atoms with Gasteiger partial charge in [-0.3, -0.25) is 4.79 Å². The van der Waals surface area contributed by atoms with Crippen molar-refractivity contribution in [1.29, 1.82) is 0 Å². The number of amides is 1. The van der Waals surface area contributed by atoms with Gasteiger partial charge in [-0.1, -0.05) is 18.2 Å². The van der Waals surface area contributed by atoms with Gasteiger partial charge in [0.1, 0.15) is 0 Å². The lowest BCUT2D eigenvalue weighted by molar-refractivity contribution is -0.118. The Morgan fingerprint density at radius 2 is 2.00 bits per heavy atom. The lowest BCUT2D eigenvalue weighted by Gasteiger charge is -2.07. The van der Waals surface area contributed by atoms with Crippen LogP contribution in [0.5, 0.6) is 0 Å². The van der Waals surface area contributed by atoms with E-state index in [1.54, 1.807) is 24.3 Å². The van der Waals surface area contributed by atoms with Crippen LogP contribution in [-0.4, -0.2) is 28.8 Å². The van der Waals surface area contributed by atoms with E-state index in [1.807, 2.05) is 6.07 Å². The maximum absolute atomic E-state index is 11.2. The van der Waals surface area contributed by atoms with Crippen molar-refractivity contribution in [2.24, 2.45) is 0 Å². The minimum atomic E-state index is -0.987. The van der Waals surface area contributed by atoms with Gasteiger partial charge in [0, 0.05) is 5.69 Å². The molecule has 0 radical (unpaired) electrons. The van der Waals surface area contributed by atoms with Crippen molar-refractivity contribution in [1.82, 2.24) is 0 Å². The molecular weight excluding hydrogens is 182 g/mol. The van der Waals surface area contributed by atoms with Crippen LogP contribution < -0.4 is 5.32 Å². The molecule has 1 unspecified atom stereocenters. The molecule has 4 heteroatoms. The van der Waals surface area contributed by atoms with E-state index in [1.165, 1.54) is 0 Å². The first-order valence-electron chi connectivity index (χ1n) is 4.36. The van der Waals surface area contributed by atoms with E-state index in [4.69, 9.17) is 10.2 Å². The molecule has 0 saturated carbocycles. The van der Waals surface area contributed by atoms with Crippen molar-refractivity contribution in [2.45, 2.75) is 12.5 Å². The topological polar surface area (TPSA) is 69.6 Å². The molecule has 0 aliphatic carbocycles. The van der Waals surface area contributed by atoms with Gasteiger partial charge in [0.2, 0.25) is 5.91 Å². The number of carbonyl (C=O) groups excluding carboxylic acids is 1. The van der Waals surface area contributed by atoms with Crippen molar-refractivity contribution in [3.63, 3.8) is 0 Å². The zero-order valence-corrected chi connectivity index (χ0v) is 7.68. The molecule has 0 saturated heterocycles. The molecule has 1 atom stereocenters. The van der Waals surface area contributed by atoms with Gasteiger partial charge in [0.25, 0.3) is 0 Å². The van der Waals surface area contributed by atoms with Crippen molar-refractivity contribution in [3.8, 4) is 0 Å². The fourth-order valence-electron chi connectivity index (χ4n) is 1.01. The average molecular weight is 195 g/mol. The van der Waals surface area contributed by atoms with Gasteiger partial charge in [-0.25, -0.2) is 0 Å². The molecule has 0 fully saturated rings. The van der Waals surface area contributed by atoms with E-state index in [2.05, 4.69) is 5.32 Å². The Bertz CT molecular complexity index is 287. The Hall–Kier alpha value is -1.39. The van der Waals surface area contributed by atoms with Crippen LogP contribution in [0.3, 0.4) is 0 Å². The second kappa shape index (κ2) is 5.36. The Labute approximate surface area is 82.2 Å². The highest BCUT2D eigenvalue weighted by Gasteiger charge is 2.08. The van der Waals surface area contributed by atoms with Gasteiger partial charge in [-0.05, 0) is 12.1 Å². The molecule has 4 nitrogen and oxygen atoms in total. The quantitative estimate of drug-likeness (QED) is 0.650. The van der Waals surface area contributed by atoms with Crippen molar-refractivity contribution in [3.05, 3.63) is 30.3 Å². The molecule has 1 aromatic rings. The molecule has 0 aliphatic heterocycles. The first kappa shape index (κ1) is 10.7. The largest absolute Gasteiger partial charge is 0.394 e. The molecule has 0 aromatic heterocycles. The summed E-state index contributed by atoms with van der Waals surface area (Å²) >= 11 is 0. The lowest BCUT2D eigenvalue weighted by atomic mass is 10.2. The fourth-order valence-corrected chi connectivity index (χ4v) is 1.01. The second-order valence-corrected chi connectivity index (χ2v) is 2.95. The number of rotatable bonds is 4. The van der Waals surface area contributed by atoms with Gasteiger partial charge in [-0.2, -0.15) is 0 Å². The smallest absolute Gasteiger partial charge is 0.227 e. The summed E-state index contributed by atoms with van der Waals surface area (Å²) in [6.45, 7) is -0.401. The minimum Gasteiger partial charge on any atom is -0.394 e. The Kier molecular flexibility index (Phi) is 4.10. The molecule has 1 amide bonds. The molecule has 0 bridgehead atoms. The minimum absolute atomic E-state index is 0.0919. The predicted molar refractivity (Wildman–Crippen MR) is 52.8 cm³/mol. The molecule has 0 spiro atoms. The number of hydrogen-bond donors (Lipinski definition) is 3. The SMILES string of the molecule is O=C(CC(O)CO)Nc1ccccc1. The number of nitrogens with one attached hydrogen (secondary N) is 1. The third-order valence-corrected chi connectivity index (χ3v) is 1.69. The third kappa shape index (κ3) is 3.55. The number of aliphatic hydroxyl groups is 2. The summed E-state index contributed by atoms with van der Waals surface area (Å²) < 4.78 is 0. The number of anilines is 1. The Morgan fingerprint density at radius 1 is 1.36 bits per heavy atom. The molecule has 0 aliphatic rings. The maximum atomic E-state index is 11.2. The Balaban J connectivity index is 2.42. The number of hydrogen-bond acceptors (Lipinski definition) is 3. The van der Waals surface area contributed by atoms with Crippen LogP contribution in [-0.2, 0) is 4.79 Å². The standard InChI is InChI=1S/C10H13NO3/c12-7-9(13)6-10(14)11-8-4-2-1-3-5-8/h1-5,9,12-13H,6-7H2,(H,11,14). The highest BCUT2D eigenvalue weighted by atomic mass is 16.3. The van der Waals surface area contributed by atoms with E-state index in [9.17, 15) is 4.79 Å². The summed E-state index contributed by atoms with van der Waals surface area (Å²) in [5.74, 6) is -0.308. The highest BCUT2D eigenvalue weighted by Crippen LogP contribution is 2.05. The van der Waals surface area contributed by atoms with Crippen molar-refractivity contribution in [2.75, 3.05) is 11.9 Å². The maximum Gasteiger partial charge on any atom is 0.227 e. The fraction of sp³-hybridized carbons (Fsp3) is 0.300. The van der Waals surface area contributed by atoms with Crippen LogP contribution in [0.4, 0.5) is 5.69 Å². The summed E-state index contributed by atoms with van der Waals surface area (Å²) in [6.07, 6.45) is -1.08. The molecule has 1 rings (SSSR count). The zero-order valence-electron chi connectivity index (χ0n) is 7.68. The van der Waals surface area contributed by atoms with E-state index < -0.39 is 12.7 Å². The molecular formula is C10H13NO3. The normalized spacial score (nSPS) is 12.1. The van der Waals surface area contributed by atoms with Crippen LogP contribution in [0, 0.1) is 0 Å². The van der Waals surface area contributed by atoms with Crippen LogP contribution >= 0.6 is 0 Å². The summed E-state index contributed by atoms with van der Waals surface area (Å²) in [5.41, 5.74) is 0.683. The summed E-state index contributed by atoms with van der Waals surface area (Å²) in [6, 6.07) is 8.96. The van der Waals surface area contributed by atoms with Gasteiger partial charge in [0.15, 0.2) is 0 Å². The monoisotopic (exact) mass is 195 g/mol. The van der Waals surface area contributed by atoms with Crippen molar-refractivity contribution >= 4 is 11.6 Å². The molecule has 76 valence electrons. The third-order valence-electron chi connectivity index (χ3n) is 1.69. The first-order chi connectivity index (χ1) is 6.72. The van der Waals surface area contributed by atoms with Gasteiger partial charge in [0.05, 0.1) is 19.1 Å². The molecule has 3 N–H and O–H groups in total. The zero-order chi connectivity index (χ0) is 10.4. The molecule has 1 aromatic carbocycles. The van der Waals surface area contributed by atoms with Crippen molar-refractivity contribution < 1.29 is 15.0 Å². The first-order valence-corrected chi connectivity index (χ1v) is 4.36. The Morgan fingerprint density at radius 3 is 2.57 bits per heavy atom. The predicted octanol–water partition coefficient (Wildman–Crippen LogP) is 0.368. The lowest BCUT2D eigenvalue weighted by Crippen LogP contribution is -2.22. The van der Waals surface area contributed by atoms with E-state index >= 15 is 0 Å². The average Bonchev–Trinajstić information content (AvgIpc) is 2.19. The van der Waals surface area contributed by atoms with Crippen LogP contribution in [0.2, 0.25) is 0 Å². The summed E-state index contributed by atoms with van der Waals surface area (Å²) in [4.78, 5) is 11.2.